The van der Waals surface area contributed by atoms with E-state index < -0.39 is 25.6 Å². The standard InChI is InChI=1S/C24H26F4O2P2S/c1-31(2,29)23(25,26)21-10-6-17(7-11-21)15-33-16-18-5-8-19-9-12-22(14-20(19)13-18)24(27,28)32(3,4)30/h5-14H,15-16H2,1-4H3. The largest absolute Gasteiger partial charge is 0.322 e. The summed E-state index contributed by atoms with van der Waals surface area (Å²) in [6.07, 6.45) is 0. The van der Waals surface area contributed by atoms with Crippen molar-refractivity contribution in [3.63, 3.8) is 0 Å². The summed E-state index contributed by atoms with van der Waals surface area (Å²) in [5, 5.41) is 1.46. The Hall–Kier alpha value is -1.55. The first kappa shape index (κ1) is 26.1. The van der Waals surface area contributed by atoms with Crippen LogP contribution >= 0.6 is 26.0 Å². The molecular formula is C24H26F4O2P2S. The average molecular weight is 516 g/mol. The fourth-order valence-corrected chi connectivity index (χ4v) is 5.76. The van der Waals surface area contributed by atoms with Crippen molar-refractivity contribution in [2.45, 2.75) is 22.8 Å². The van der Waals surface area contributed by atoms with E-state index >= 15 is 0 Å². The van der Waals surface area contributed by atoms with Gasteiger partial charge in [0, 0.05) is 22.6 Å². The minimum absolute atomic E-state index is 0.254. The third-order valence-corrected chi connectivity index (χ3v) is 9.74. The van der Waals surface area contributed by atoms with Crippen molar-refractivity contribution in [1.29, 1.82) is 0 Å². The zero-order chi connectivity index (χ0) is 24.7. The summed E-state index contributed by atoms with van der Waals surface area (Å²) in [5.74, 6) is 1.18. The molecule has 178 valence electrons. The van der Waals surface area contributed by atoms with Crippen molar-refractivity contribution in [1.82, 2.24) is 0 Å². The first-order valence-electron chi connectivity index (χ1n) is 10.2. The van der Waals surface area contributed by atoms with Crippen LogP contribution in [0.15, 0.2) is 60.7 Å². The van der Waals surface area contributed by atoms with Crippen LogP contribution < -0.4 is 0 Å². The van der Waals surface area contributed by atoms with Crippen LogP contribution in [-0.4, -0.2) is 26.7 Å². The summed E-state index contributed by atoms with van der Waals surface area (Å²) < 4.78 is 81.4. The van der Waals surface area contributed by atoms with Crippen LogP contribution in [0, 0.1) is 0 Å². The SMILES string of the molecule is CP(C)(=O)C(F)(F)c1ccc(CSCc2ccc3ccc(C(F)(F)P(C)(C)=O)cc3c2)cc1. The summed E-state index contributed by atoms with van der Waals surface area (Å²) in [4.78, 5) is 0. The Bertz CT molecular complexity index is 1250. The Labute approximate surface area is 195 Å². The number of fused-ring (bicyclic) bond motifs is 1. The summed E-state index contributed by atoms with van der Waals surface area (Å²) in [5.41, 5.74) is -5.47. The first-order chi connectivity index (χ1) is 15.1. The summed E-state index contributed by atoms with van der Waals surface area (Å²) in [6, 6.07) is 15.8. The van der Waals surface area contributed by atoms with Gasteiger partial charge in [-0.05, 0) is 54.6 Å². The molecule has 3 rings (SSSR count). The zero-order valence-electron chi connectivity index (χ0n) is 18.8. The van der Waals surface area contributed by atoms with Gasteiger partial charge < -0.3 is 9.13 Å². The molecule has 0 fully saturated rings. The maximum atomic E-state index is 14.5. The minimum atomic E-state index is -3.66. The zero-order valence-corrected chi connectivity index (χ0v) is 21.4. The van der Waals surface area contributed by atoms with Gasteiger partial charge in [0.2, 0.25) is 0 Å². The number of rotatable bonds is 8. The highest BCUT2D eigenvalue weighted by atomic mass is 32.2. The predicted molar refractivity (Wildman–Crippen MR) is 132 cm³/mol. The second-order valence-electron chi connectivity index (χ2n) is 8.87. The number of halogens is 4. The van der Waals surface area contributed by atoms with E-state index in [2.05, 4.69) is 0 Å². The third-order valence-electron chi connectivity index (χ3n) is 5.44. The van der Waals surface area contributed by atoms with Crippen molar-refractivity contribution in [3.8, 4) is 0 Å². The van der Waals surface area contributed by atoms with E-state index in [-0.39, 0.29) is 11.1 Å². The van der Waals surface area contributed by atoms with Crippen molar-refractivity contribution >= 4 is 36.8 Å². The Morgan fingerprint density at radius 2 is 1.09 bits per heavy atom. The second kappa shape index (κ2) is 9.24. The van der Waals surface area contributed by atoms with Gasteiger partial charge in [-0.2, -0.15) is 29.3 Å². The lowest BCUT2D eigenvalue weighted by atomic mass is 10.0. The Kier molecular flexibility index (Phi) is 7.30. The van der Waals surface area contributed by atoms with E-state index in [1.54, 1.807) is 30.0 Å². The molecular weight excluding hydrogens is 490 g/mol. The van der Waals surface area contributed by atoms with Gasteiger partial charge in [-0.1, -0.05) is 54.6 Å². The first-order valence-corrected chi connectivity index (χ1v) is 16.5. The highest BCUT2D eigenvalue weighted by molar-refractivity contribution is 7.97. The van der Waals surface area contributed by atoms with Crippen molar-refractivity contribution in [3.05, 3.63) is 82.9 Å². The molecule has 0 saturated heterocycles. The van der Waals surface area contributed by atoms with Crippen LogP contribution in [0.5, 0.6) is 0 Å². The van der Waals surface area contributed by atoms with Gasteiger partial charge in [0.1, 0.15) is 0 Å². The molecule has 0 aliphatic rings. The maximum Gasteiger partial charge on any atom is 0.322 e. The molecule has 0 atom stereocenters. The van der Waals surface area contributed by atoms with E-state index in [1.807, 2.05) is 18.2 Å². The average Bonchev–Trinajstić information content (AvgIpc) is 2.72. The molecule has 9 heteroatoms. The third kappa shape index (κ3) is 5.58. The number of hydrogen-bond donors (Lipinski definition) is 0. The number of hydrogen-bond acceptors (Lipinski definition) is 3. The molecule has 0 amide bonds. The van der Waals surface area contributed by atoms with Gasteiger partial charge in [0.25, 0.3) is 0 Å². The van der Waals surface area contributed by atoms with E-state index in [9.17, 15) is 26.7 Å². The maximum absolute atomic E-state index is 14.5. The lowest BCUT2D eigenvalue weighted by Gasteiger charge is -2.21. The van der Waals surface area contributed by atoms with E-state index in [1.165, 1.54) is 24.3 Å². The molecule has 0 unspecified atom stereocenters. The molecule has 0 radical (unpaired) electrons. The summed E-state index contributed by atoms with van der Waals surface area (Å²) in [6.45, 7) is 4.32. The van der Waals surface area contributed by atoms with Gasteiger partial charge >= 0.3 is 11.3 Å². The van der Waals surface area contributed by atoms with Gasteiger partial charge in [-0.3, -0.25) is 0 Å². The predicted octanol–water partition coefficient (Wildman–Crippen LogP) is 8.62. The number of alkyl halides is 4. The van der Waals surface area contributed by atoms with Crippen LogP contribution in [0.1, 0.15) is 22.3 Å². The van der Waals surface area contributed by atoms with Crippen LogP contribution in [0.4, 0.5) is 17.6 Å². The van der Waals surface area contributed by atoms with Gasteiger partial charge in [0.15, 0.2) is 14.3 Å². The fraction of sp³-hybridized carbons (Fsp3) is 0.333. The van der Waals surface area contributed by atoms with E-state index in [0.717, 1.165) is 43.2 Å². The molecule has 2 nitrogen and oxygen atoms in total. The molecule has 0 heterocycles. The van der Waals surface area contributed by atoms with Crippen molar-refractivity contribution in [2.75, 3.05) is 26.7 Å². The molecule has 0 aromatic heterocycles. The molecule has 33 heavy (non-hydrogen) atoms. The van der Waals surface area contributed by atoms with Gasteiger partial charge in [0.05, 0.1) is 0 Å². The Balaban J connectivity index is 1.70. The Morgan fingerprint density at radius 1 is 0.636 bits per heavy atom. The minimum Gasteiger partial charge on any atom is -0.317 e. The van der Waals surface area contributed by atoms with Gasteiger partial charge in [-0.25, -0.2) is 0 Å². The van der Waals surface area contributed by atoms with E-state index in [4.69, 9.17) is 0 Å². The molecule has 0 aliphatic carbocycles. The summed E-state index contributed by atoms with van der Waals surface area (Å²) >= 11 is 1.57. The number of benzene rings is 3. The monoisotopic (exact) mass is 516 g/mol. The van der Waals surface area contributed by atoms with E-state index in [0.29, 0.717) is 16.9 Å². The lowest BCUT2D eigenvalue weighted by Crippen LogP contribution is -2.12. The normalized spacial score (nSPS) is 13.5. The van der Waals surface area contributed by atoms with Gasteiger partial charge in [-0.15, -0.1) is 0 Å². The molecule has 3 aromatic carbocycles. The molecule has 0 N–H and O–H groups in total. The smallest absolute Gasteiger partial charge is 0.317 e. The summed E-state index contributed by atoms with van der Waals surface area (Å²) in [7, 11) is -7.27. The molecule has 0 aliphatic heterocycles. The number of thioether (sulfide) groups is 1. The van der Waals surface area contributed by atoms with Crippen LogP contribution in [-0.2, 0) is 32.0 Å². The quantitative estimate of drug-likeness (QED) is 0.222. The fourth-order valence-electron chi connectivity index (χ4n) is 3.28. The lowest BCUT2D eigenvalue weighted by molar-refractivity contribution is 0.0891. The molecule has 3 aromatic rings. The molecule has 0 saturated carbocycles. The topological polar surface area (TPSA) is 34.1 Å². The van der Waals surface area contributed by atoms with Crippen LogP contribution in [0.25, 0.3) is 10.8 Å². The van der Waals surface area contributed by atoms with Crippen LogP contribution in [0.2, 0.25) is 0 Å². The highest BCUT2D eigenvalue weighted by Crippen LogP contribution is 2.61. The highest BCUT2D eigenvalue weighted by Gasteiger charge is 2.45. The Morgan fingerprint density at radius 3 is 1.67 bits per heavy atom. The van der Waals surface area contributed by atoms with Crippen molar-refractivity contribution < 1.29 is 26.7 Å². The molecule has 0 spiro atoms. The molecule has 0 bridgehead atoms. The van der Waals surface area contributed by atoms with Crippen molar-refractivity contribution in [2.24, 2.45) is 0 Å². The van der Waals surface area contributed by atoms with Crippen LogP contribution in [0.3, 0.4) is 0 Å². The second-order valence-corrected chi connectivity index (χ2v) is 16.4.